The summed E-state index contributed by atoms with van der Waals surface area (Å²) in [6, 6.07) is 10.0. The molecule has 9 heteroatoms. The highest BCUT2D eigenvalue weighted by atomic mass is 32.2. The zero-order valence-electron chi connectivity index (χ0n) is 22.7. The Labute approximate surface area is 226 Å². The van der Waals surface area contributed by atoms with Gasteiger partial charge in [-0.3, -0.25) is 14.5 Å². The number of sulfone groups is 1. The van der Waals surface area contributed by atoms with E-state index in [1.807, 2.05) is 12.1 Å². The summed E-state index contributed by atoms with van der Waals surface area (Å²) in [7, 11) is -3.66. The Morgan fingerprint density at radius 3 is 2.29 bits per heavy atom. The van der Waals surface area contributed by atoms with Crippen molar-refractivity contribution in [3.05, 3.63) is 59.4 Å². The smallest absolute Gasteiger partial charge is 0.251 e. The number of rotatable bonds is 7. The standard InChI is InChI=1S/C29H40FN3O4S/c1-22(2)20-32-16-7-5-4-6-8-17-33(23(3)34)28-14-9-24(19-25(28)21-32)29(35)31-15-18-38(36,37)27-12-10-26(30)11-13-27/h9-14,19,22H,4-8,15-18,20-21H2,1-3H3,(H,31,35). The quantitative estimate of drug-likeness (QED) is 0.505. The first kappa shape index (κ1) is 29.8. The summed E-state index contributed by atoms with van der Waals surface area (Å²) < 4.78 is 38.2. The van der Waals surface area contributed by atoms with Crippen molar-refractivity contribution in [1.29, 1.82) is 0 Å². The van der Waals surface area contributed by atoms with Gasteiger partial charge in [0.1, 0.15) is 5.82 Å². The monoisotopic (exact) mass is 545 g/mol. The van der Waals surface area contributed by atoms with Gasteiger partial charge in [-0.25, -0.2) is 12.8 Å². The Hall–Kier alpha value is -2.78. The molecule has 2 amide bonds. The molecule has 0 aliphatic carbocycles. The third-order valence-corrected chi connectivity index (χ3v) is 8.45. The van der Waals surface area contributed by atoms with Gasteiger partial charge < -0.3 is 10.2 Å². The lowest BCUT2D eigenvalue weighted by atomic mass is 10.0. The van der Waals surface area contributed by atoms with Crippen molar-refractivity contribution in [3.8, 4) is 0 Å². The summed E-state index contributed by atoms with van der Waals surface area (Å²) in [4.78, 5) is 29.8. The number of amides is 2. The molecule has 2 aromatic carbocycles. The van der Waals surface area contributed by atoms with Gasteiger partial charge in [-0.15, -0.1) is 0 Å². The number of hydrogen-bond acceptors (Lipinski definition) is 5. The lowest BCUT2D eigenvalue weighted by Crippen LogP contribution is -2.34. The summed E-state index contributed by atoms with van der Waals surface area (Å²) in [5.74, 6) is -0.732. The molecule has 38 heavy (non-hydrogen) atoms. The molecule has 2 aromatic rings. The molecule has 7 nitrogen and oxygen atoms in total. The van der Waals surface area contributed by atoms with Crippen molar-refractivity contribution in [3.63, 3.8) is 0 Å². The molecule has 1 aliphatic heterocycles. The van der Waals surface area contributed by atoms with Crippen LogP contribution in [0.3, 0.4) is 0 Å². The maximum absolute atomic E-state index is 13.1. The second kappa shape index (κ2) is 13.8. The van der Waals surface area contributed by atoms with Crippen molar-refractivity contribution in [2.24, 2.45) is 5.92 Å². The van der Waals surface area contributed by atoms with E-state index in [0.717, 1.165) is 68.6 Å². The second-order valence-electron chi connectivity index (χ2n) is 10.4. The number of fused-ring (bicyclic) bond motifs is 1. The van der Waals surface area contributed by atoms with E-state index in [-0.39, 0.29) is 29.0 Å². The Morgan fingerprint density at radius 1 is 0.974 bits per heavy atom. The Kier molecular flexibility index (Phi) is 10.8. The number of carbonyl (C=O) groups is 2. The van der Waals surface area contributed by atoms with Crippen LogP contribution in [0.2, 0.25) is 0 Å². The number of anilines is 1. The largest absolute Gasteiger partial charge is 0.351 e. The van der Waals surface area contributed by atoms with Crippen molar-refractivity contribution in [2.45, 2.75) is 64.3 Å². The fraction of sp³-hybridized carbons (Fsp3) is 0.517. The highest BCUT2D eigenvalue weighted by molar-refractivity contribution is 7.91. The second-order valence-corrected chi connectivity index (χ2v) is 12.5. The molecule has 208 valence electrons. The number of halogens is 1. The minimum atomic E-state index is -3.66. The van der Waals surface area contributed by atoms with E-state index in [2.05, 4.69) is 24.1 Å². The van der Waals surface area contributed by atoms with Crippen LogP contribution >= 0.6 is 0 Å². The molecule has 1 aliphatic rings. The lowest BCUT2D eigenvalue weighted by molar-refractivity contribution is -0.116. The van der Waals surface area contributed by atoms with Crippen LogP contribution in [0.4, 0.5) is 10.1 Å². The van der Waals surface area contributed by atoms with Crippen molar-refractivity contribution < 1.29 is 22.4 Å². The van der Waals surface area contributed by atoms with Crippen LogP contribution in [0.1, 0.15) is 68.8 Å². The van der Waals surface area contributed by atoms with E-state index in [4.69, 9.17) is 0 Å². The number of carbonyl (C=O) groups excluding carboxylic acids is 2. The lowest BCUT2D eigenvalue weighted by Gasteiger charge is -2.30. The fourth-order valence-corrected chi connectivity index (χ4v) is 6.01. The number of nitrogens with zero attached hydrogens (tertiary/aromatic N) is 2. The Bertz CT molecular complexity index is 1200. The van der Waals surface area contributed by atoms with Gasteiger partial charge in [0.2, 0.25) is 5.91 Å². The highest BCUT2D eigenvalue weighted by Crippen LogP contribution is 2.26. The third kappa shape index (κ3) is 8.63. The Balaban J connectivity index is 1.80. The maximum Gasteiger partial charge on any atom is 0.251 e. The molecule has 0 fully saturated rings. The maximum atomic E-state index is 13.1. The van der Waals surface area contributed by atoms with Gasteiger partial charge in [0, 0.05) is 44.4 Å². The van der Waals surface area contributed by atoms with Gasteiger partial charge in [-0.1, -0.05) is 33.1 Å². The predicted molar refractivity (Wildman–Crippen MR) is 148 cm³/mol. The first-order valence-corrected chi connectivity index (χ1v) is 15.1. The van der Waals surface area contributed by atoms with E-state index in [1.165, 1.54) is 12.1 Å². The molecule has 0 spiro atoms. The van der Waals surface area contributed by atoms with Crippen LogP contribution in [0.25, 0.3) is 0 Å². The van der Waals surface area contributed by atoms with Crippen LogP contribution in [-0.4, -0.2) is 57.1 Å². The van der Waals surface area contributed by atoms with E-state index >= 15 is 0 Å². The number of nitrogens with one attached hydrogen (secondary N) is 1. The minimum absolute atomic E-state index is 0.0162. The van der Waals surface area contributed by atoms with E-state index in [1.54, 1.807) is 17.9 Å². The molecule has 0 aromatic heterocycles. The summed E-state index contributed by atoms with van der Waals surface area (Å²) in [5, 5.41) is 2.70. The van der Waals surface area contributed by atoms with Crippen molar-refractivity contribution >= 4 is 27.3 Å². The molecular formula is C29H40FN3O4S. The number of hydrogen-bond donors (Lipinski definition) is 1. The van der Waals surface area contributed by atoms with Gasteiger partial charge >= 0.3 is 0 Å². The van der Waals surface area contributed by atoms with Crippen LogP contribution in [0, 0.1) is 11.7 Å². The average Bonchev–Trinajstić information content (AvgIpc) is 2.84. The summed E-state index contributed by atoms with van der Waals surface area (Å²) in [5.41, 5.74) is 2.15. The molecule has 0 radical (unpaired) electrons. The molecule has 0 atom stereocenters. The number of benzene rings is 2. The summed E-state index contributed by atoms with van der Waals surface area (Å²) in [6.45, 7) is 8.99. The van der Waals surface area contributed by atoms with E-state index in [0.29, 0.717) is 24.6 Å². The zero-order valence-corrected chi connectivity index (χ0v) is 23.5. The van der Waals surface area contributed by atoms with Gasteiger partial charge in [0.15, 0.2) is 9.84 Å². The Morgan fingerprint density at radius 2 is 1.63 bits per heavy atom. The SMILES string of the molecule is CC(=O)N1CCCCCCCN(CC(C)C)Cc2cc(C(=O)NCCS(=O)(=O)c3ccc(F)cc3)ccc21. The molecule has 0 bridgehead atoms. The van der Waals surface area contributed by atoms with Gasteiger partial charge in [0.05, 0.1) is 10.6 Å². The summed E-state index contributed by atoms with van der Waals surface area (Å²) in [6.07, 6.45) is 5.43. The van der Waals surface area contributed by atoms with E-state index in [9.17, 15) is 22.4 Å². The molecule has 3 rings (SSSR count). The molecule has 0 unspecified atom stereocenters. The topological polar surface area (TPSA) is 86.8 Å². The molecule has 1 N–H and O–H groups in total. The predicted octanol–water partition coefficient (Wildman–Crippen LogP) is 4.80. The van der Waals surface area contributed by atoms with Crippen LogP contribution in [-0.2, 0) is 21.2 Å². The van der Waals surface area contributed by atoms with Crippen molar-refractivity contribution in [1.82, 2.24) is 10.2 Å². The van der Waals surface area contributed by atoms with Crippen LogP contribution < -0.4 is 10.2 Å². The first-order valence-electron chi connectivity index (χ1n) is 13.5. The van der Waals surface area contributed by atoms with Gasteiger partial charge in [0.25, 0.3) is 5.91 Å². The normalized spacial score (nSPS) is 15.9. The first-order chi connectivity index (χ1) is 18.1. The zero-order chi connectivity index (χ0) is 27.7. The molecular weight excluding hydrogens is 505 g/mol. The molecule has 1 heterocycles. The van der Waals surface area contributed by atoms with Gasteiger partial charge in [-0.05, 0) is 73.3 Å². The van der Waals surface area contributed by atoms with Crippen LogP contribution in [0.15, 0.2) is 47.4 Å². The minimum Gasteiger partial charge on any atom is -0.351 e. The third-order valence-electron chi connectivity index (χ3n) is 6.72. The summed E-state index contributed by atoms with van der Waals surface area (Å²) >= 11 is 0. The fourth-order valence-electron chi connectivity index (χ4n) is 4.85. The molecule has 0 saturated carbocycles. The van der Waals surface area contributed by atoms with E-state index < -0.39 is 15.7 Å². The van der Waals surface area contributed by atoms with Crippen LogP contribution in [0.5, 0.6) is 0 Å². The van der Waals surface area contributed by atoms with Crippen molar-refractivity contribution in [2.75, 3.05) is 36.8 Å². The van der Waals surface area contributed by atoms with Gasteiger partial charge in [-0.2, -0.15) is 0 Å². The average molecular weight is 546 g/mol. The highest BCUT2D eigenvalue weighted by Gasteiger charge is 2.21. The molecule has 0 saturated heterocycles.